The van der Waals surface area contributed by atoms with Crippen LogP contribution in [-0.4, -0.2) is 34.3 Å². The van der Waals surface area contributed by atoms with E-state index >= 15 is 0 Å². The summed E-state index contributed by atoms with van der Waals surface area (Å²) in [6.45, 7) is 8.19. The number of benzene rings is 1. The van der Waals surface area contributed by atoms with Crippen LogP contribution in [0.2, 0.25) is 0 Å². The van der Waals surface area contributed by atoms with Gasteiger partial charge in [0.15, 0.2) is 0 Å². The number of carbonyl (C=O) groups is 1. The number of nitrogens with one attached hydrogen (secondary N) is 1. The maximum atomic E-state index is 11.3. The van der Waals surface area contributed by atoms with E-state index in [1.165, 1.54) is 12.8 Å². The molecule has 7 nitrogen and oxygen atoms in total. The van der Waals surface area contributed by atoms with Crippen molar-refractivity contribution in [1.29, 1.82) is 0 Å². The normalized spacial score (nSPS) is 15.6. The monoisotopic (exact) mass is 398 g/mol. The van der Waals surface area contributed by atoms with E-state index in [1.54, 1.807) is 6.20 Å². The van der Waals surface area contributed by atoms with E-state index in [-0.39, 0.29) is 6.61 Å². The second kappa shape index (κ2) is 8.68. The topological polar surface area (TPSA) is 99.4 Å². The molecule has 3 N–H and O–H groups in total. The molecule has 1 aromatic heterocycles. The number of anilines is 1. The van der Waals surface area contributed by atoms with Crippen LogP contribution in [0.1, 0.15) is 45.6 Å². The average Bonchev–Trinajstić information content (AvgIpc) is 3.43. The molecule has 156 valence electrons. The Hall–Kier alpha value is -2.83. The number of hydrogen-bond donors (Lipinski definition) is 2. The molecular weight excluding hydrogens is 368 g/mol. The second-order valence-electron chi connectivity index (χ2n) is 8.42. The van der Waals surface area contributed by atoms with Gasteiger partial charge in [-0.2, -0.15) is 0 Å². The van der Waals surface area contributed by atoms with E-state index < -0.39 is 11.7 Å². The maximum absolute atomic E-state index is 11.3. The van der Waals surface area contributed by atoms with E-state index in [0.717, 1.165) is 22.6 Å². The summed E-state index contributed by atoms with van der Waals surface area (Å²) in [6, 6.07) is 8.33. The molecular formula is C22H30N4O3. The molecule has 29 heavy (non-hydrogen) atoms. The summed E-state index contributed by atoms with van der Waals surface area (Å²) in [5.74, 6) is 1.74. The Morgan fingerprint density at radius 3 is 2.72 bits per heavy atom. The van der Waals surface area contributed by atoms with Crippen LogP contribution in [0.4, 0.5) is 10.7 Å². The number of hydrogen-bond acceptors (Lipinski definition) is 6. The van der Waals surface area contributed by atoms with Gasteiger partial charge in [-0.05, 0) is 68.9 Å². The Morgan fingerprint density at radius 1 is 1.34 bits per heavy atom. The van der Waals surface area contributed by atoms with Crippen molar-refractivity contribution < 1.29 is 14.3 Å². The summed E-state index contributed by atoms with van der Waals surface area (Å²) < 4.78 is 11.3. The highest BCUT2D eigenvalue weighted by atomic mass is 16.6. The van der Waals surface area contributed by atoms with Crippen molar-refractivity contribution in [3.8, 4) is 17.0 Å². The van der Waals surface area contributed by atoms with Gasteiger partial charge in [0.05, 0.1) is 5.69 Å². The maximum Gasteiger partial charge on any atom is 0.405 e. The van der Waals surface area contributed by atoms with E-state index in [9.17, 15) is 4.79 Å². The first kappa shape index (κ1) is 20.9. The van der Waals surface area contributed by atoms with Gasteiger partial charge in [-0.3, -0.25) is 0 Å². The third kappa shape index (κ3) is 6.07. The third-order valence-electron chi connectivity index (χ3n) is 4.76. The van der Waals surface area contributed by atoms with Crippen LogP contribution in [0, 0.1) is 12.8 Å². The van der Waals surface area contributed by atoms with E-state index in [4.69, 9.17) is 15.2 Å². The van der Waals surface area contributed by atoms with Crippen molar-refractivity contribution in [1.82, 2.24) is 9.97 Å². The molecule has 7 heteroatoms. The first-order valence-corrected chi connectivity index (χ1v) is 10.1. The molecule has 0 bridgehead atoms. The minimum Gasteiger partial charge on any atom is -0.489 e. The van der Waals surface area contributed by atoms with Crippen molar-refractivity contribution in [2.75, 3.05) is 11.9 Å². The first-order chi connectivity index (χ1) is 13.7. The lowest BCUT2D eigenvalue weighted by Crippen LogP contribution is -2.41. The van der Waals surface area contributed by atoms with Crippen LogP contribution in [0.15, 0.2) is 30.5 Å². The SMILES string of the molecule is Cc1cc(-c2ccnc(NC3CC3)n2)ccc1OCC(C)(CC(C)C)OC(N)=O. The number of amides is 1. The van der Waals surface area contributed by atoms with E-state index in [1.807, 2.05) is 38.1 Å². The number of rotatable bonds is 9. The fraction of sp³-hybridized carbons (Fsp3) is 0.500. The molecule has 1 aliphatic rings. The van der Waals surface area contributed by atoms with Gasteiger partial charge in [-0.15, -0.1) is 0 Å². The zero-order valence-electron chi connectivity index (χ0n) is 17.6. The number of aryl methyl sites for hydroxylation is 1. The smallest absolute Gasteiger partial charge is 0.405 e. The number of nitrogens with two attached hydrogens (primary N) is 1. The van der Waals surface area contributed by atoms with Crippen LogP contribution in [0.3, 0.4) is 0 Å². The van der Waals surface area contributed by atoms with Crippen LogP contribution in [0.25, 0.3) is 11.3 Å². The number of primary amides is 1. The lowest BCUT2D eigenvalue weighted by atomic mass is 9.95. The molecule has 0 radical (unpaired) electrons. The van der Waals surface area contributed by atoms with Crippen LogP contribution in [0.5, 0.6) is 5.75 Å². The van der Waals surface area contributed by atoms with Gasteiger partial charge in [-0.25, -0.2) is 14.8 Å². The number of ether oxygens (including phenoxy) is 2. The van der Waals surface area contributed by atoms with E-state index in [2.05, 4.69) is 29.1 Å². The molecule has 1 amide bonds. The highest BCUT2D eigenvalue weighted by molar-refractivity contribution is 5.65. The quantitative estimate of drug-likeness (QED) is 0.653. The number of aromatic nitrogens is 2. The van der Waals surface area contributed by atoms with E-state index in [0.29, 0.717) is 24.3 Å². The molecule has 0 saturated heterocycles. The molecule has 1 unspecified atom stereocenters. The number of nitrogens with zero attached hydrogens (tertiary/aromatic N) is 2. The standard InChI is InChI=1S/C22H30N4O3/c1-14(2)12-22(4,29-20(23)27)13-28-19-8-5-16(11-15(19)3)18-9-10-24-21(26-18)25-17-6-7-17/h5,8-11,14,17H,6-7,12-13H2,1-4H3,(H2,23,27)(H,24,25,26). The van der Waals surface area contributed by atoms with Gasteiger partial charge in [-0.1, -0.05) is 13.8 Å². The second-order valence-corrected chi connectivity index (χ2v) is 8.42. The summed E-state index contributed by atoms with van der Waals surface area (Å²) in [5, 5.41) is 3.32. The van der Waals surface area contributed by atoms with Crippen molar-refractivity contribution in [2.24, 2.45) is 11.7 Å². The largest absolute Gasteiger partial charge is 0.489 e. The lowest BCUT2D eigenvalue weighted by Gasteiger charge is -2.30. The minimum absolute atomic E-state index is 0.233. The van der Waals surface area contributed by atoms with Crippen LogP contribution < -0.4 is 15.8 Å². The Labute approximate surface area is 172 Å². The molecule has 2 aromatic rings. The summed E-state index contributed by atoms with van der Waals surface area (Å²) in [6.07, 6.45) is 3.99. The predicted octanol–water partition coefficient (Wildman–Crippen LogP) is 4.31. The van der Waals surface area contributed by atoms with Gasteiger partial charge in [0, 0.05) is 17.8 Å². The molecule has 1 aromatic carbocycles. The van der Waals surface area contributed by atoms with Crippen molar-refractivity contribution in [3.05, 3.63) is 36.0 Å². The Bertz CT molecular complexity index is 867. The predicted molar refractivity (Wildman–Crippen MR) is 113 cm³/mol. The van der Waals surface area contributed by atoms with Gasteiger partial charge in [0.2, 0.25) is 5.95 Å². The van der Waals surface area contributed by atoms with Crippen LogP contribution in [-0.2, 0) is 4.74 Å². The Balaban J connectivity index is 1.71. The minimum atomic E-state index is -0.789. The zero-order chi connectivity index (χ0) is 21.0. The highest BCUT2D eigenvalue weighted by Crippen LogP contribution is 2.29. The fourth-order valence-corrected chi connectivity index (χ4v) is 3.44. The summed E-state index contributed by atoms with van der Waals surface area (Å²) in [5.41, 5.74) is 7.30. The van der Waals surface area contributed by atoms with Crippen LogP contribution >= 0.6 is 0 Å². The molecule has 1 saturated carbocycles. The summed E-state index contributed by atoms with van der Waals surface area (Å²) >= 11 is 0. The molecule has 1 heterocycles. The highest BCUT2D eigenvalue weighted by Gasteiger charge is 2.30. The first-order valence-electron chi connectivity index (χ1n) is 10.1. The zero-order valence-corrected chi connectivity index (χ0v) is 17.6. The molecule has 0 spiro atoms. The number of carbonyl (C=O) groups excluding carboxylic acids is 1. The van der Waals surface area contributed by atoms with Gasteiger partial charge in [0.1, 0.15) is 18.0 Å². The van der Waals surface area contributed by atoms with Crippen molar-refractivity contribution in [2.45, 2.75) is 58.6 Å². The molecule has 0 aliphatic heterocycles. The van der Waals surface area contributed by atoms with Crippen molar-refractivity contribution >= 4 is 12.0 Å². The van der Waals surface area contributed by atoms with Gasteiger partial charge >= 0.3 is 6.09 Å². The van der Waals surface area contributed by atoms with Gasteiger partial charge in [0.25, 0.3) is 0 Å². The third-order valence-corrected chi connectivity index (χ3v) is 4.76. The van der Waals surface area contributed by atoms with Crippen molar-refractivity contribution in [3.63, 3.8) is 0 Å². The summed E-state index contributed by atoms with van der Waals surface area (Å²) in [4.78, 5) is 20.2. The molecule has 3 rings (SSSR count). The molecule has 1 atom stereocenters. The fourth-order valence-electron chi connectivity index (χ4n) is 3.44. The molecule has 1 aliphatic carbocycles. The Kier molecular flexibility index (Phi) is 6.25. The molecule has 1 fully saturated rings. The average molecular weight is 399 g/mol. The lowest BCUT2D eigenvalue weighted by molar-refractivity contribution is -0.0187. The Morgan fingerprint density at radius 2 is 2.10 bits per heavy atom. The van der Waals surface area contributed by atoms with Gasteiger partial charge < -0.3 is 20.5 Å². The summed E-state index contributed by atoms with van der Waals surface area (Å²) in [7, 11) is 0.